The Morgan fingerprint density at radius 3 is 2.32 bits per heavy atom. The summed E-state index contributed by atoms with van der Waals surface area (Å²) >= 11 is 1.24. The number of aliphatic imine (C=N–C) groups is 1. The molecule has 144 valence electrons. The summed E-state index contributed by atoms with van der Waals surface area (Å²) in [5.74, 6) is -0.234. The lowest BCUT2D eigenvalue weighted by molar-refractivity contribution is -0.384. The quantitative estimate of drug-likeness (QED) is 0.446. The predicted molar refractivity (Wildman–Crippen MR) is 114 cm³/mol. The molecule has 0 bridgehead atoms. The Labute approximate surface area is 167 Å². The molecule has 2 aromatic carbocycles. The van der Waals surface area contributed by atoms with Gasteiger partial charge < -0.3 is 10.2 Å². The minimum Gasteiger partial charge on any atom is -0.372 e. The molecule has 7 nitrogen and oxygen atoms in total. The van der Waals surface area contributed by atoms with E-state index in [0.717, 1.165) is 24.5 Å². The third kappa shape index (κ3) is 4.58. The summed E-state index contributed by atoms with van der Waals surface area (Å²) in [4.78, 5) is 29.7. The number of amides is 1. The van der Waals surface area contributed by atoms with Crippen molar-refractivity contribution >= 4 is 46.0 Å². The van der Waals surface area contributed by atoms with Crippen LogP contribution in [0.25, 0.3) is 6.08 Å². The summed E-state index contributed by atoms with van der Waals surface area (Å²) in [6.07, 6.45) is 1.69. The van der Waals surface area contributed by atoms with Gasteiger partial charge in [0.25, 0.3) is 11.6 Å². The van der Waals surface area contributed by atoms with E-state index in [-0.39, 0.29) is 11.6 Å². The molecule has 1 amide bonds. The minimum absolute atomic E-state index is 0.0149. The number of amidine groups is 1. The molecule has 1 saturated heterocycles. The van der Waals surface area contributed by atoms with Crippen molar-refractivity contribution in [3.63, 3.8) is 0 Å². The van der Waals surface area contributed by atoms with Crippen LogP contribution in [-0.2, 0) is 4.79 Å². The number of nitrogens with zero attached hydrogens (tertiary/aromatic N) is 3. The van der Waals surface area contributed by atoms with Crippen molar-refractivity contribution in [2.75, 3.05) is 18.0 Å². The molecule has 0 atom stereocenters. The van der Waals surface area contributed by atoms with Crippen LogP contribution in [0.15, 0.2) is 58.4 Å². The van der Waals surface area contributed by atoms with Crippen molar-refractivity contribution in [2.45, 2.75) is 13.8 Å². The summed E-state index contributed by atoms with van der Waals surface area (Å²) in [5.41, 5.74) is 2.63. The lowest BCUT2D eigenvalue weighted by atomic mass is 10.2. The highest BCUT2D eigenvalue weighted by molar-refractivity contribution is 8.18. The van der Waals surface area contributed by atoms with Gasteiger partial charge in [0.15, 0.2) is 5.17 Å². The molecule has 0 spiro atoms. The summed E-state index contributed by atoms with van der Waals surface area (Å²) in [7, 11) is 0. The van der Waals surface area contributed by atoms with Gasteiger partial charge in [-0.3, -0.25) is 14.9 Å². The largest absolute Gasteiger partial charge is 0.372 e. The van der Waals surface area contributed by atoms with Crippen molar-refractivity contribution in [1.29, 1.82) is 0 Å². The van der Waals surface area contributed by atoms with Crippen LogP contribution in [0.3, 0.4) is 0 Å². The monoisotopic (exact) mass is 396 g/mol. The molecule has 0 unspecified atom stereocenters. The van der Waals surface area contributed by atoms with E-state index in [1.165, 1.54) is 23.9 Å². The zero-order chi connectivity index (χ0) is 20.1. The second kappa shape index (κ2) is 8.71. The fourth-order valence-electron chi connectivity index (χ4n) is 2.77. The number of carbonyl (C=O) groups excluding carboxylic acids is 1. The number of rotatable bonds is 6. The van der Waals surface area contributed by atoms with Gasteiger partial charge in [-0.1, -0.05) is 0 Å². The average molecular weight is 396 g/mol. The molecular formula is C20H20N4O3S. The number of hydrogen-bond donors (Lipinski definition) is 1. The lowest BCUT2D eigenvalue weighted by Crippen LogP contribution is -2.21. The minimum atomic E-state index is -0.454. The van der Waals surface area contributed by atoms with E-state index in [1.54, 1.807) is 18.2 Å². The van der Waals surface area contributed by atoms with Crippen LogP contribution in [-0.4, -0.2) is 29.1 Å². The number of nitrogens with one attached hydrogen (secondary N) is 1. The van der Waals surface area contributed by atoms with Gasteiger partial charge in [0.2, 0.25) is 0 Å². The number of thioether (sulfide) groups is 1. The van der Waals surface area contributed by atoms with Gasteiger partial charge in [0.1, 0.15) is 0 Å². The Balaban J connectivity index is 1.73. The maximum atomic E-state index is 12.2. The number of non-ortho nitro benzene ring substituents is 1. The predicted octanol–water partition coefficient (Wildman–Crippen LogP) is 4.33. The maximum absolute atomic E-state index is 12.2. The van der Waals surface area contributed by atoms with Crippen LogP contribution in [0.4, 0.5) is 17.1 Å². The third-order valence-electron chi connectivity index (χ3n) is 4.26. The molecule has 1 fully saturated rings. The number of hydrogen-bond acceptors (Lipinski definition) is 6. The van der Waals surface area contributed by atoms with E-state index >= 15 is 0 Å². The Kier molecular flexibility index (Phi) is 6.10. The fourth-order valence-corrected chi connectivity index (χ4v) is 3.61. The smallest absolute Gasteiger partial charge is 0.269 e. The molecule has 1 heterocycles. The van der Waals surface area contributed by atoms with Crippen LogP contribution in [0, 0.1) is 10.1 Å². The summed E-state index contributed by atoms with van der Waals surface area (Å²) in [6, 6.07) is 13.9. The molecule has 0 saturated carbocycles. The summed E-state index contributed by atoms with van der Waals surface area (Å²) < 4.78 is 0. The van der Waals surface area contributed by atoms with Gasteiger partial charge >= 0.3 is 0 Å². The highest BCUT2D eigenvalue weighted by atomic mass is 32.2. The molecule has 3 rings (SSSR count). The molecule has 1 aliphatic rings. The van der Waals surface area contributed by atoms with E-state index in [1.807, 2.05) is 24.3 Å². The Morgan fingerprint density at radius 2 is 1.75 bits per heavy atom. The van der Waals surface area contributed by atoms with E-state index in [4.69, 9.17) is 0 Å². The Bertz CT molecular complexity index is 933. The maximum Gasteiger partial charge on any atom is 0.269 e. The summed E-state index contributed by atoms with van der Waals surface area (Å²) in [5, 5.41) is 14.0. The fraction of sp³-hybridized carbons (Fsp3) is 0.200. The van der Waals surface area contributed by atoms with Crippen LogP contribution in [0.1, 0.15) is 19.4 Å². The average Bonchev–Trinajstić information content (AvgIpc) is 3.03. The highest BCUT2D eigenvalue weighted by Crippen LogP contribution is 2.29. The molecule has 1 aliphatic heterocycles. The standard InChI is InChI=1S/C20H20N4O3S/c1-3-23(4-2)16-11-7-15(8-12-16)21-20-22-19(25)18(28-20)13-14-5-9-17(10-6-14)24(26)27/h5-13H,3-4H2,1-2H3,(H,21,22,25). The van der Waals surface area contributed by atoms with Crippen molar-refractivity contribution in [3.05, 3.63) is 69.1 Å². The normalized spacial score (nSPS) is 16.4. The van der Waals surface area contributed by atoms with E-state index < -0.39 is 4.92 Å². The number of benzene rings is 2. The molecule has 8 heteroatoms. The number of anilines is 1. The zero-order valence-corrected chi connectivity index (χ0v) is 16.4. The van der Waals surface area contributed by atoms with Gasteiger partial charge in [-0.2, -0.15) is 0 Å². The van der Waals surface area contributed by atoms with E-state index in [9.17, 15) is 14.9 Å². The molecule has 0 aliphatic carbocycles. The summed E-state index contributed by atoms with van der Waals surface area (Å²) in [6.45, 7) is 6.10. The van der Waals surface area contributed by atoms with Crippen LogP contribution in [0.2, 0.25) is 0 Å². The Morgan fingerprint density at radius 1 is 1.11 bits per heavy atom. The molecule has 0 radical (unpaired) electrons. The first-order chi connectivity index (χ1) is 13.5. The topological polar surface area (TPSA) is 87.8 Å². The number of carbonyl (C=O) groups is 1. The molecule has 2 aromatic rings. The molecule has 0 aromatic heterocycles. The third-order valence-corrected chi connectivity index (χ3v) is 5.17. The lowest BCUT2D eigenvalue weighted by Gasteiger charge is -2.20. The number of nitro groups is 1. The molecule has 1 N–H and O–H groups in total. The first-order valence-electron chi connectivity index (χ1n) is 8.89. The first kappa shape index (κ1) is 19.6. The SMILES string of the molecule is CCN(CC)c1ccc(N=C2NC(=O)C(=Cc3ccc([N+](=O)[O-])cc3)S2)cc1. The van der Waals surface area contributed by atoms with E-state index in [2.05, 4.69) is 29.1 Å². The zero-order valence-electron chi connectivity index (χ0n) is 15.6. The van der Waals surface area contributed by atoms with Crippen LogP contribution >= 0.6 is 11.8 Å². The molecule has 28 heavy (non-hydrogen) atoms. The van der Waals surface area contributed by atoms with Crippen molar-refractivity contribution in [2.24, 2.45) is 4.99 Å². The first-order valence-corrected chi connectivity index (χ1v) is 9.71. The number of nitro benzene ring substituents is 1. The van der Waals surface area contributed by atoms with Crippen molar-refractivity contribution < 1.29 is 9.72 Å². The van der Waals surface area contributed by atoms with Gasteiger partial charge in [-0.25, -0.2) is 4.99 Å². The van der Waals surface area contributed by atoms with Crippen molar-refractivity contribution in [3.8, 4) is 0 Å². The van der Waals surface area contributed by atoms with Gasteiger partial charge in [-0.15, -0.1) is 0 Å². The van der Waals surface area contributed by atoms with Gasteiger partial charge in [0.05, 0.1) is 15.5 Å². The molecular weight excluding hydrogens is 376 g/mol. The van der Waals surface area contributed by atoms with Gasteiger partial charge in [0, 0.05) is 30.9 Å². The van der Waals surface area contributed by atoms with Gasteiger partial charge in [-0.05, 0) is 73.6 Å². The van der Waals surface area contributed by atoms with Crippen LogP contribution in [0.5, 0.6) is 0 Å². The van der Waals surface area contributed by atoms with Crippen LogP contribution < -0.4 is 10.2 Å². The second-order valence-corrected chi connectivity index (χ2v) is 7.05. The van der Waals surface area contributed by atoms with Crippen molar-refractivity contribution in [1.82, 2.24) is 5.32 Å². The highest BCUT2D eigenvalue weighted by Gasteiger charge is 2.23. The Hall–Kier alpha value is -3.13. The van der Waals surface area contributed by atoms with E-state index in [0.29, 0.717) is 15.6 Å². The second-order valence-electron chi connectivity index (χ2n) is 6.02.